The van der Waals surface area contributed by atoms with Crippen LogP contribution in [0.5, 0.6) is 0 Å². The summed E-state index contributed by atoms with van der Waals surface area (Å²) in [7, 11) is 1.28. The lowest BCUT2D eigenvalue weighted by Gasteiger charge is -2.14. The number of amides is 1. The number of nitrogens with one attached hydrogen (secondary N) is 2. The molecule has 118 valence electrons. The Morgan fingerprint density at radius 2 is 1.95 bits per heavy atom. The van der Waals surface area contributed by atoms with Crippen molar-refractivity contribution in [1.82, 2.24) is 9.62 Å². The van der Waals surface area contributed by atoms with Gasteiger partial charge in [-0.3, -0.25) is 4.79 Å². The van der Waals surface area contributed by atoms with Gasteiger partial charge in [-0.15, -0.1) is 0 Å². The number of aryl methyl sites for hydroxylation is 1. The quantitative estimate of drug-likeness (QED) is 0.741. The molecule has 0 bridgehead atoms. The highest BCUT2D eigenvalue weighted by molar-refractivity contribution is 7.89. The third-order valence-electron chi connectivity index (χ3n) is 3.09. The Balaban J connectivity index is 2.91. The fraction of sp³-hybridized carbons (Fsp3) is 0.500. The van der Waals surface area contributed by atoms with Gasteiger partial charge in [0.25, 0.3) is 0 Å². The average molecular weight is 313 g/mol. The Morgan fingerprint density at radius 3 is 2.52 bits per heavy atom. The number of nitrogens with zero attached hydrogens (tertiary/aromatic N) is 1. The molecule has 0 spiro atoms. The van der Waals surface area contributed by atoms with Crippen LogP contribution >= 0.6 is 0 Å². The molecule has 0 aliphatic heterocycles. The van der Waals surface area contributed by atoms with Gasteiger partial charge < -0.3 is 10.6 Å². The molecule has 0 aliphatic carbocycles. The van der Waals surface area contributed by atoms with E-state index in [1.807, 2.05) is 14.0 Å². The van der Waals surface area contributed by atoms with Gasteiger partial charge in [-0.05, 0) is 44.6 Å². The number of benzene rings is 1. The molecule has 0 fully saturated rings. The number of carbonyl (C=O) groups excluding carboxylic acids is 1. The van der Waals surface area contributed by atoms with Crippen molar-refractivity contribution in [2.45, 2.75) is 24.7 Å². The summed E-state index contributed by atoms with van der Waals surface area (Å²) in [6.07, 6.45) is 1.13. The van der Waals surface area contributed by atoms with Crippen LogP contribution in [0.4, 0.5) is 5.69 Å². The Kier molecular flexibility index (Phi) is 6.32. The van der Waals surface area contributed by atoms with Gasteiger partial charge in [0.05, 0.1) is 4.90 Å². The molecule has 1 amide bonds. The van der Waals surface area contributed by atoms with Gasteiger partial charge in [0.15, 0.2) is 0 Å². The van der Waals surface area contributed by atoms with Crippen LogP contribution in [0.3, 0.4) is 0 Å². The van der Waals surface area contributed by atoms with Gasteiger partial charge >= 0.3 is 0 Å². The van der Waals surface area contributed by atoms with Gasteiger partial charge in [-0.2, -0.15) is 0 Å². The lowest BCUT2D eigenvalue weighted by atomic mass is 10.2. The molecule has 1 aromatic carbocycles. The predicted molar refractivity (Wildman–Crippen MR) is 83.8 cm³/mol. The maximum atomic E-state index is 12.1. The average Bonchev–Trinajstić information content (AvgIpc) is 2.41. The molecular weight excluding hydrogens is 290 g/mol. The van der Waals surface area contributed by atoms with Crippen LogP contribution < -0.4 is 10.6 Å². The van der Waals surface area contributed by atoms with E-state index in [1.165, 1.54) is 20.2 Å². The highest BCUT2D eigenvalue weighted by Gasteiger charge is 2.18. The summed E-state index contributed by atoms with van der Waals surface area (Å²) < 4.78 is 25.3. The van der Waals surface area contributed by atoms with E-state index in [0.29, 0.717) is 12.1 Å². The van der Waals surface area contributed by atoms with Gasteiger partial charge in [-0.25, -0.2) is 12.7 Å². The second-order valence-corrected chi connectivity index (χ2v) is 7.17. The molecule has 0 saturated heterocycles. The highest BCUT2D eigenvalue weighted by Crippen LogP contribution is 2.22. The molecule has 0 aromatic heterocycles. The smallest absolute Gasteiger partial charge is 0.242 e. The zero-order chi connectivity index (χ0) is 16.0. The maximum Gasteiger partial charge on any atom is 0.242 e. The van der Waals surface area contributed by atoms with Crippen LogP contribution in [0.25, 0.3) is 0 Å². The molecule has 0 atom stereocenters. The molecule has 7 heteroatoms. The number of hydrogen-bond acceptors (Lipinski definition) is 4. The maximum absolute atomic E-state index is 12.1. The lowest BCUT2D eigenvalue weighted by Crippen LogP contribution is -2.22. The molecule has 0 unspecified atom stereocenters. The van der Waals surface area contributed by atoms with E-state index in [4.69, 9.17) is 0 Å². The minimum Gasteiger partial charge on any atom is -0.326 e. The van der Waals surface area contributed by atoms with Crippen LogP contribution in [0, 0.1) is 6.92 Å². The van der Waals surface area contributed by atoms with Crippen molar-refractivity contribution in [3.8, 4) is 0 Å². The predicted octanol–water partition coefficient (Wildman–Crippen LogP) is 1.18. The highest BCUT2D eigenvalue weighted by atomic mass is 32.2. The van der Waals surface area contributed by atoms with E-state index in [1.54, 1.807) is 12.1 Å². The summed E-state index contributed by atoms with van der Waals surface area (Å²) in [6.45, 7) is 2.59. The Labute approximate surface area is 126 Å². The zero-order valence-corrected chi connectivity index (χ0v) is 13.8. The summed E-state index contributed by atoms with van der Waals surface area (Å²) in [5, 5.41) is 5.75. The van der Waals surface area contributed by atoms with Crippen molar-refractivity contribution in [2.75, 3.05) is 33.0 Å². The SMILES string of the molecule is CNCCCC(=O)Nc1cc(S(=O)(=O)N(C)C)ccc1C. The minimum absolute atomic E-state index is 0.118. The Bertz CT molecular complexity index is 597. The van der Waals surface area contributed by atoms with Crippen molar-refractivity contribution in [3.63, 3.8) is 0 Å². The molecule has 0 heterocycles. The standard InChI is InChI=1S/C14H23N3O3S/c1-11-7-8-12(21(19,20)17(3)4)10-13(11)16-14(18)6-5-9-15-2/h7-8,10,15H,5-6,9H2,1-4H3,(H,16,18). The van der Waals surface area contributed by atoms with Crippen molar-refractivity contribution in [2.24, 2.45) is 0 Å². The van der Waals surface area contributed by atoms with Crippen molar-refractivity contribution >= 4 is 21.6 Å². The second kappa shape index (κ2) is 7.53. The van der Waals surface area contributed by atoms with E-state index in [9.17, 15) is 13.2 Å². The van der Waals surface area contributed by atoms with Gasteiger partial charge in [0, 0.05) is 26.2 Å². The molecule has 0 aliphatic rings. The van der Waals surface area contributed by atoms with E-state index >= 15 is 0 Å². The lowest BCUT2D eigenvalue weighted by molar-refractivity contribution is -0.116. The van der Waals surface area contributed by atoms with Crippen LogP contribution in [-0.2, 0) is 14.8 Å². The number of anilines is 1. The van der Waals surface area contributed by atoms with E-state index in [-0.39, 0.29) is 10.8 Å². The first-order chi connectivity index (χ1) is 9.78. The van der Waals surface area contributed by atoms with Crippen molar-refractivity contribution < 1.29 is 13.2 Å². The topological polar surface area (TPSA) is 78.5 Å². The normalized spacial score (nSPS) is 11.7. The van der Waals surface area contributed by atoms with E-state index < -0.39 is 10.0 Å². The monoisotopic (exact) mass is 313 g/mol. The Morgan fingerprint density at radius 1 is 1.29 bits per heavy atom. The van der Waals surface area contributed by atoms with Crippen molar-refractivity contribution in [3.05, 3.63) is 23.8 Å². The third-order valence-corrected chi connectivity index (χ3v) is 4.90. The second-order valence-electron chi connectivity index (χ2n) is 5.02. The van der Waals surface area contributed by atoms with Crippen molar-refractivity contribution in [1.29, 1.82) is 0 Å². The number of rotatable bonds is 7. The summed E-state index contributed by atoms with van der Waals surface area (Å²) in [6, 6.07) is 4.74. The molecule has 0 saturated carbocycles. The molecule has 6 nitrogen and oxygen atoms in total. The van der Waals surface area contributed by atoms with Crippen LogP contribution in [0.2, 0.25) is 0 Å². The fourth-order valence-electron chi connectivity index (χ4n) is 1.75. The Hall–Kier alpha value is -1.44. The molecule has 1 rings (SSSR count). The number of carbonyl (C=O) groups is 1. The first-order valence-electron chi connectivity index (χ1n) is 6.76. The number of hydrogen-bond donors (Lipinski definition) is 2. The first kappa shape index (κ1) is 17.6. The van der Waals surface area contributed by atoms with E-state index in [2.05, 4.69) is 10.6 Å². The number of sulfonamides is 1. The van der Waals surface area contributed by atoms with Gasteiger partial charge in [0.1, 0.15) is 0 Å². The molecular formula is C14H23N3O3S. The van der Waals surface area contributed by atoms with Crippen LogP contribution in [-0.4, -0.2) is 46.3 Å². The third kappa shape index (κ3) is 4.80. The minimum atomic E-state index is -3.50. The molecule has 0 radical (unpaired) electrons. The first-order valence-corrected chi connectivity index (χ1v) is 8.20. The van der Waals surface area contributed by atoms with Gasteiger partial charge in [0.2, 0.25) is 15.9 Å². The largest absolute Gasteiger partial charge is 0.326 e. The summed E-state index contributed by atoms with van der Waals surface area (Å²) in [4.78, 5) is 12.0. The zero-order valence-electron chi connectivity index (χ0n) is 12.9. The summed E-state index contributed by atoms with van der Waals surface area (Å²) >= 11 is 0. The van der Waals surface area contributed by atoms with Gasteiger partial charge in [-0.1, -0.05) is 6.07 Å². The summed E-state index contributed by atoms with van der Waals surface area (Å²) in [5.41, 5.74) is 1.36. The molecule has 2 N–H and O–H groups in total. The van der Waals surface area contributed by atoms with Crippen LogP contribution in [0.15, 0.2) is 23.1 Å². The fourth-order valence-corrected chi connectivity index (χ4v) is 2.67. The summed E-state index contributed by atoms with van der Waals surface area (Å²) in [5.74, 6) is -0.118. The van der Waals surface area contributed by atoms with E-state index in [0.717, 1.165) is 22.8 Å². The molecule has 1 aromatic rings. The van der Waals surface area contributed by atoms with Crippen LogP contribution in [0.1, 0.15) is 18.4 Å². The molecule has 21 heavy (non-hydrogen) atoms.